The van der Waals surface area contributed by atoms with Crippen LogP contribution in [0.25, 0.3) is 0 Å². The molecule has 1 fully saturated rings. The Labute approximate surface area is 115 Å². The Bertz CT molecular complexity index is 405. The molecule has 0 spiro atoms. The van der Waals surface area contributed by atoms with E-state index in [-0.39, 0.29) is 12.0 Å². The fourth-order valence-electron chi connectivity index (χ4n) is 2.50. The Morgan fingerprint density at radius 3 is 2.53 bits per heavy atom. The highest BCUT2D eigenvalue weighted by atomic mass is 16.3. The summed E-state index contributed by atoms with van der Waals surface area (Å²) in [4.78, 5) is 10.9. The normalized spacial score (nSPS) is 15.6. The van der Waals surface area contributed by atoms with Gasteiger partial charge in [-0.3, -0.25) is 0 Å². The van der Waals surface area contributed by atoms with E-state index in [0.29, 0.717) is 5.92 Å². The van der Waals surface area contributed by atoms with Crippen LogP contribution in [0.3, 0.4) is 0 Å². The van der Waals surface area contributed by atoms with Gasteiger partial charge in [-0.05, 0) is 25.7 Å². The Morgan fingerprint density at radius 1 is 1.32 bits per heavy atom. The fraction of sp³-hybridized carbons (Fsp3) is 0.733. The van der Waals surface area contributed by atoms with E-state index in [0.717, 1.165) is 25.2 Å². The SMILES string of the molecule is CCC(CC)(CO)CN(C)c1cc(C2CC2)ncn1. The summed E-state index contributed by atoms with van der Waals surface area (Å²) >= 11 is 0. The molecule has 1 aromatic heterocycles. The van der Waals surface area contributed by atoms with E-state index in [2.05, 4.69) is 41.8 Å². The van der Waals surface area contributed by atoms with Crippen molar-refractivity contribution in [1.29, 1.82) is 0 Å². The first-order valence-corrected chi connectivity index (χ1v) is 7.28. The smallest absolute Gasteiger partial charge is 0.131 e. The molecule has 0 amide bonds. The third kappa shape index (κ3) is 3.24. The molecule has 0 aromatic carbocycles. The largest absolute Gasteiger partial charge is 0.396 e. The molecule has 1 saturated carbocycles. The summed E-state index contributed by atoms with van der Waals surface area (Å²) in [5.41, 5.74) is 1.14. The zero-order chi connectivity index (χ0) is 13.9. The molecule has 0 saturated heterocycles. The molecule has 0 radical (unpaired) electrons. The van der Waals surface area contributed by atoms with Gasteiger partial charge in [-0.15, -0.1) is 0 Å². The lowest BCUT2D eigenvalue weighted by Crippen LogP contribution is -2.38. The minimum Gasteiger partial charge on any atom is -0.396 e. The highest BCUT2D eigenvalue weighted by molar-refractivity contribution is 5.39. The predicted molar refractivity (Wildman–Crippen MR) is 77.4 cm³/mol. The Balaban J connectivity index is 2.10. The molecule has 0 bridgehead atoms. The molecule has 1 aliphatic rings. The van der Waals surface area contributed by atoms with Crippen LogP contribution >= 0.6 is 0 Å². The Hall–Kier alpha value is -1.16. The maximum Gasteiger partial charge on any atom is 0.131 e. The molecule has 1 N–H and O–H groups in total. The summed E-state index contributed by atoms with van der Waals surface area (Å²) in [5.74, 6) is 1.62. The minimum absolute atomic E-state index is 0.0283. The molecule has 0 aliphatic heterocycles. The number of anilines is 1. The molecular weight excluding hydrogens is 238 g/mol. The Morgan fingerprint density at radius 2 is 2.00 bits per heavy atom. The van der Waals surface area contributed by atoms with Crippen molar-refractivity contribution < 1.29 is 5.11 Å². The highest BCUT2D eigenvalue weighted by Crippen LogP contribution is 2.39. The first-order valence-electron chi connectivity index (χ1n) is 7.28. The molecule has 4 nitrogen and oxygen atoms in total. The van der Waals surface area contributed by atoms with Gasteiger partial charge in [0.25, 0.3) is 0 Å². The van der Waals surface area contributed by atoms with Crippen LogP contribution in [-0.4, -0.2) is 35.3 Å². The predicted octanol–water partition coefficient (Wildman–Crippen LogP) is 2.59. The molecule has 106 valence electrons. The van der Waals surface area contributed by atoms with Crippen molar-refractivity contribution in [2.75, 3.05) is 25.1 Å². The summed E-state index contributed by atoms with van der Waals surface area (Å²) in [6.07, 6.45) is 6.13. The molecule has 1 aliphatic carbocycles. The van der Waals surface area contributed by atoms with Gasteiger partial charge < -0.3 is 10.0 Å². The number of hydrogen-bond donors (Lipinski definition) is 1. The number of aliphatic hydroxyl groups is 1. The third-order valence-corrected chi connectivity index (χ3v) is 4.47. The van der Waals surface area contributed by atoms with E-state index < -0.39 is 0 Å². The molecular formula is C15H25N3O. The van der Waals surface area contributed by atoms with Crippen LogP contribution in [0, 0.1) is 5.41 Å². The molecule has 0 atom stereocenters. The third-order valence-electron chi connectivity index (χ3n) is 4.47. The standard InChI is InChI=1S/C15H25N3O/c1-4-15(5-2,10-19)9-18(3)14-8-13(12-6-7-12)16-11-17-14/h8,11-12,19H,4-7,9-10H2,1-3H3. The summed E-state index contributed by atoms with van der Waals surface area (Å²) in [6.45, 7) is 5.34. The second-order valence-corrected chi connectivity index (χ2v) is 5.80. The second-order valence-electron chi connectivity index (χ2n) is 5.80. The van der Waals surface area contributed by atoms with E-state index in [4.69, 9.17) is 0 Å². The molecule has 1 aromatic rings. The maximum atomic E-state index is 9.67. The topological polar surface area (TPSA) is 49.2 Å². The van der Waals surface area contributed by atoms with Crippen molar-refractivity contribution in [2.24, 2.45) is 5.41 Å². The van der Waals surface area contributed by atoms with Gasteiger partial charge in [-0.1, -0.05) is 13.8 Å². The van der Waals surface area contributed by atoms with Crippen LogP contribution in [0.4, 0.5) is 5.82 Å². The number of aliphatic hydroxyl groups excluding tert-OH is 1. The van der Waals surface area contributed by atoms with Crippen molar-refractivity contribution in [3.05, 3.63) is 18.1 Å². The average molecular weight is 263 g/mol. The van der Waals surface area contributed by atoms with Gasteiger partial charge >= 0.3 is 0 Å². The quantitative estimate of drug-likeness (QED) is 0.821. The average Bonchev–Trinajstić information content (AvgIpc) is 3.29. The number of nitrogens with zero attached hydrogens (tertiary/aromatic N) is 3. The van der Waals surface area contributed by atoms with Crippen molar-refractivity contribution in [1.82, 2.24) is 9.97 Å². The second kappa shape index (κ2) is 5.87. The van der Waals surface area contributed by atoms with Gasteiger partial charge in [0.1, 0.15) is 12.1 Å². The maximum absolute atomic E-state index is 9.67. The number of rotatable bonds is 7. The van der Waals surface area contributed by atoms with E-state index in [9.17, 15) is 5.11 Å². The fourth-order valence-corrected chi connectivity index (χ4v) is 2.50. The molecule has 4 heteroatoms. The summed E-state index contributed by atoms with van der Waals surface area (Å²) in [6, 6.07) is 2.10. The first-order chi connectivity index (χ1) is 9.14. The summed E-state index contributed by atoms with van der Waals surface area (Å²) < 4.78 is 0. The van der Waals surface area contributed by atoms with Gasteiger partial charge in [0.05, 0.1) is 6.61 Å². The van der Waals surface area contributed by atoms with E-state index in [1.807, 2.05) is 0 Å². The molecule has 1 heterocycles. The lowest BCUT2D eigenvalue weighted by molar-refractivity contribution is 0.121. The minimum atomic E-state index is -0.0283. The van der Waals surface area contributed by atoms with E-state index >= 15 is 0 Å². The number of aromatic nitrogens is 2. The zero-order valence-electron chi connectivity index (χ0n) is 12.3. The van der Waals surface area contributed by atoms with Crippen LogP contribution in [0.2, 0.25) is 0 Å². The van der Waals surface area contributed by atoms with Crippen molar-refractivity contribution in [3.8, 4) is 0 Å². The van der Waals surface area contributed by atoms with Crippen molar-refractivity contribution in [3.63, 3.8) is 0 Å². The van der Waals surface area contributed by atoms with E-state index in [1.54, 1.807) is 6.33 Å². The molecule has 2 rings (SSSR count). The summed E-state index contributed by atoms with van der Waals surface area (Å²) in [5, 5.41) is 9.67. The van der Waals surface area contributed by atoms with Gasteiger partial charge in [0, 0.05) is 36.7 Å². The lowest BCUT2D eigenvalue weighted by Gasteiger charge is -2.34. The molecule has 0 unspecified atom stereocenters. The molecule has 19 heavy (non-hydrogen) atoms. The van der Waals surface area contributed by atoms with Crippen LogP contribution in [0.5, 0.6) is 0 Å². The van der Waals surface area contributed by atoms with Gasteiger partial charge in [-0.2, -0.15) is 0 Å². The van der Waals surface area contributed by atoms with E-state index in [1.165, 1.54) is 18.5 Å². The van der Waals surface area contributed by atoms with Gasteiger partial charge in [0.2, 0.25) is 0 Å². The van der Waals surface area contributed by atoms with Crippen LogP contribution in [-0.2, 0) is 0 Å². The lowest BCUT2D eigenvalue weighted by atomic mass is 9.83. The van der Waals surface area contributed by atoms with Gasteiger partial charge in [0.15, 0.2) is 0 Å². The number of hydrogen-bond acceptors (Lipinski definition) is 4. The van der Waals surface area contributed by atoms with Crippen molar-refractivity contribution in [2.45, 2.75) is 45.4 Å². The summed E-state index contributed by atoms with van der Waals surface area (Å²) in [7, 11) is 2.05. The van der Waals surface area contributed by atoms with Crippen LogP contribution in [0.1, 0.15) is 51.1 Å². The van der Waals surface area contributed by atoms with Crippen LogP contribution < -0.4 is 4.90 Å². The van der Waals surface area contributed by atoms with Crippen molar-refractivity contribution >= 4 is 5.82 Å². The monoisotopic (exact) mass is 263 g/mol. The highest BCUT2D eigenvalue weighted by Gasteiger charge is 2.29. The van der Waals surface area contributed by atoms with Gasteiger partial charge in [-0.25, -0.2) is 9.97 Å². The zero-order valence-corrected chi connectivity index (χ0v) is 12.3. The Kier molecular flexibility index (Phi) is 4.40. The van der Waals surface area contributed by atoms with Crippen LogP contribution in [0.15, 0.2) is 12.4 Å². The first kappa shape index (κ1) is 14.3.